The second-order valence-electron chi connectivity index (χ2n) is 10.5. The molecule has 4 bridgehead atoms. The monoisotopic (exact) mass is 448 g/mol. The molecule has 4 fully saturated rings. The topological polar surface area (TPSA) is 60.7 Å². The fourth-order valence-electron chi connectivity index (χ4n) is 7.16. The Balaban J connectivity index is 1.27. The van der Waals surface area contributed by atoms with E-state index >= 15 is 0 Å². The van der Waals surface area contributed by atoms with Crippen molar-refractivity contribution < 1.29 is 9.53 Å². The Kier molecular flexibility index (Phi) is 4.42. The van der Waals surface area contributed by atoms with E-state index in [9.17, 15) is 9.59 Å². The molecule has 2 atom stereocenters. The van der Waals surface area contributed by atoms with E-state index in [4.69, 9.17) is 4.74 Å². The first-order valence-electron chi connectivity index (χ1n) is 11.6. The Morgan fingerprint density at radius 2 is 1.94 bits per heavy atom. The van der Waals surface area contributed by atoms with Gasteiger partial charge in [-0.05, 0) is 86.3 Å². The van der Waals surface area contributed by atoms with Gasteiger partial charge in [-0.3, -0.25) is 14.0 Å². The van der Waals surface area contributed by atoms with Crippen molar-refractivity contribution >= 4 is 22.3 Å². The number of benzene rings is 1. The van der Waals surface area contributed by atoms with E-state index in [1.165, 1.54) is 57.8 Å². The van der Waals surface area contributed by atoms with Crippen molar-refractivity contribution in [1.82, 2.24) is 9.38 Å². The number of fused-ring (bicyclic) bond motifs is 1. The van der Waals surface area contributed by atoms with E-state index in [1.54, 1.807) is 6.20 Å². The molecule has 0 unspecified atom stereocenters. The molecule has 0 radical (unpaired) electrons. The number of hydrogen-bond acceptors (Lipinski definition) is 5. The Morgan fingerprint density at radius 1 is 1.16 bits per heavy atom. The van der Waals surface area contributed by atoms with Crippen LogP contribution >= 0.6 is 11.3 Å². The molecule has 5 nitrogen and oxygen atoms in total. The minimum absolute atomic E-state index is 0.0657. The standard InChI is InChI=1S/C26H28N2O3S/c1-16-3-4-20(7-17(16)2)25-10-18-8-19(11-25)13-26(12-18,15-25)23(30)31-14-21-9-22(29)28-5-6-32-24(28)27-21/h3-7,9,18-19H,8,10-15H2,1-2H3/t18-,19-,25?,26?/m1/s1. The molecular formula is C26H28N2O3S. The second-order valence-corrected chi connectivity index (χ2v) is 11.4. The Labute approximate surface area is 191 Å². The van der Waals surface area contributed by atoms with Crippen LogP contribution in [-0.4, -0.2) is 15.4 Å². The summed E-state index contributed by atoms with van der Waals surface area (Å²) in [7, 11) is 0. The van der Waals surface area contributed by atoms with Crippen LogP contribution in [0.2, 0.25) is 0 Å². The van der Waals surface area contributed by atoms with Gasteiger partial charge < -0.3 is 4.74 Å². The van der Waals surface area contributed by atoms with Gasteiger partial charge in [0, 0.05) is 17.6 Å². The van der Waals surface area contributed by atoms with Crippen LogP contribution < -0.4 is 5.56 Å². The maximum Gasteiger partial charge on any atom is 0.312 e. The molecule has 166 valence electrons. The van der Waals surface area contributed by atoms with Crippen molar-refractivity contribution in [2.45, 2.75) is 64.4 Å². The van der Waals surface area contributed by atoms with Crippen molar-refractivity contribution in [3.8, 4) is 0 Å². The molecular weight excluding hydrogens is 420 g/mol. The predicted molar refractivity (Wildman–Crippen MR) is 124 cm³/mol. The number of aryl methyl sites for hydroxylation is 2. The third-order valence-electron chi connectivity index (χ3n) is 8.32. The summed E-state index contributed by atoms with van der Waals surface area (Å²) in [5.41, 5.74) is 4.14. The lowest BCUT2D eigenvalue weighted by Crippen LogP contribution is -2.57. The summed E-state index contributed by atoms with van der Waals surface area (Å²) in [6.45, 7) is 4.41. The van der Waals surface area contributed by atoms with E-state index in [0.29, 0.717) is 22.5 Å². The van der Waals surface area contributed by atoms with Crippen molar-refractivity contribution in [3.63, 3.8) is 0 Å². The van der Waals surface area contributed by atoms with E-state index in [-0.39, 0.29) is 23.6 Å². The second kappa shape index (κ2) is 7.01. The first kappa shape index (κ1) is 20.2. The van der Waals surface area contributed by atoms with Crippen molar-refractivity contribution in [1.29, 1.82) is 0 Å². The number of ether oxygens (including phenoxy) is 1. The number of esters is 1. The smallest absolute Gasteiger partial charge is 0.312 e. The van der Waals surface area contributed by atoms with Crippen LogP contribution in [0, 0.1) is 31.1 Å². The number of thiazole rings is 1. The van der Waals surface area contributed by atoms with Gasteiger partial charge in [0.2, 0.25) is 0 Å². The van der Waals surface area contributed by atoms with Crippen LogP contribution in [0.15, 0.2) is 40.6 Å². The van der Waals surface area contributed by atoms with Gasteiger partial charge in [0.25, 0.3) is 5.56 Å². The van der Waals surface area contributed by atoms with E-state index in [0.717, 1.165) is 19.3 Å². The maximum atomic E-state index is 13.5. The summed E-state index contributed by atoms with van der Waals surface area (Å²) < 4.78 is 7.39. The molecule has 0 amide bonds. The van der Waals surface area contributed by atoms with Crippen molar-refractivity contribution in [3.05, 3.63) is 68.6 Å². The molecule has 4 saturated carbocycles. The van der Waals surface area contributed by atoms with Gasteiger partial charge >= 0.3 is 5.97 Å². The molecule has 7 rings (SSSR count). The number of rotatable bonds is 4. The lowest BCUT2D eigenvalue weighted by atomic mass is 9.43. The quantitative estimate of drug-likeness (QED) is 0.530. The average molecular weight is 449 g/mol. The van der Waals surface area contributed by atoms with Crippen molar-refractivity contribution in [2.75, 3.05) is 0 Å². The first-order valence-corrected chi connectivity index (χ1v) is 12.4. The summed E-state index contributed by atoms with van der Waals surface area (Å²) in [6.07, 6.45) is 8.10. The van der Waals surface area contributed by atoms with Crippen LogP contribution in [0.4, 0.5) is 0 Å². The molecule has 4 aliphatic rings. The Bertz CT molecular complexity index is 1280. The van der Waals surface area contributed by atoms with Gasteiger partial charge in [-0.1, -0.05) is 18.2 Å². The zero-order chi connectivity index (χ0) is 22.1. The highest BCUT2D eigenvalue weighted by atomic mass is 32.1. The van der Waals surface area contributed by atoms with Gasteiger partial charge in [0.1, 0.15) is 6.61 Å². The molecule has 6 heteroatoms. The number of carbonyl (C=O) groups excluding carboxylic acids is 1. The van der Waals surface area contributed by atoms with Gasteiger partial charge in [-0.15, -0.1) is 11.3 Å². The molecule has 0 spiro atoms. The van der Waals surface area contributed by atoms with E-state index in [1.807, 2.05) is 5.38 Å². The minimum Gasteiger partial charge on any atom is -0.459 e. The van der Waals surface area contributed by atoms with Gasteiger partial charge in [0.15, 0.2) is 4.96 Å². The largest absolute Gasteiger partial charge is 0.459 e. The normalized spacial score (nSPS) is 30.7. The summed E-state index contributed by atoms with van der Waals surface area (Å²) in [4.78, 5) is 30.9. The van der Waals surface area contributed by atoms with Crippen LogP contribution in [0.3, 0.4) is 0 Å². The number of aromatic nitrogens is 2. The number of carbonyl (C=O) groups is 1. The highest BCUT2D eigenvalue weighted by Gasteiger charge is 2.61. The summed E-state index contributed by atoms with van der Waals surface area (Å²) >= 11 is 1.41. The van der Waals surface area contributed by atoms with Crippen LogP contribution in [0.5, 0.6) is 0 Å². The van der Waals surface area contributed by atoms with Gasteiger partial charge in [-0.2, -0.15) is 0 Å². The van der Waals surface area contributed by atoms with E-state index < -0.39 is 5.41 Å². The summed E-state index contributed by atoms with van der Waals surface area (Å²) in [5, 5.41) is 1.83. The van der Waals surface area contributed by atoms with Crippen LogP contribution in [0.25, 0.3) is 4.96 Å². The SMILES string of the molecule is Cc1ccc(C23C[C@H]4C[C@@H](CC(C(=O)OCc5cc(=O)n6ccsc6n5)(C4)C2)C3)cc1C. The summed E-state index contributed by atoms with van der Waals surface area (Å²) in [6, 6.07) is 8.36. The molecule has 0 aliphatic heterocycles. The Morgan fingerprint density at radius 3 is 2.69 bits per heavy atom. The number of nitrogens with zero attached hydrogens (tertiary/aromatic N) is 2. The van der Waals surface area contributed by atoms with Gasteiger partial charge in [-0.25, -0.2) is 4.98 Å². The molecule has 3 aromatic rings. The molecule has 1 aromatic carbocycles. The lowest BCUT2D eigenvalue weighted by Gasteiger charge is -2.61. The first-order chi connectivity index (χ1) is 15.4. The maximum absolute atomic E-state index is 13.5. The average Bonchev–Trinajstić information content (AvgIpc) is 3.22. The van der Waals surface area contributed by atoms with Crippen LogP contribution in [-0.2, 0) is 21.6 Å². The third kappa shape index (κ3) is 3.06. The molecule has 2 heterocycles. The Hall–Kier alpha value is -2.47. The van der Waals surface area contributed by atoms with Crippen molar-refractivity contribution in [2.24, 2.45) is 17.3 Å². The molecule has 4 aliphatic carbocycles. The zero-order valence-electron chi connectivity index (χ0n) is 18.6. The number of hydrogen-bond donors (Lipinski definition) is 0. The molecule has 32 heavy (non-hydrogen) atoms. The molecule has 0 N–H and O–H groups in total. The van der Waals surface area contributed by atoms with Gasteiger partial charge in [0.05, 0.1) is 11.1 Å². The van der Waals surface area contributed by atoms with Crippen LogP contribution in [0.1, 0.15) is 60.9 Å². The fraction of sp³-hybridized carbons (Fsp3) is 0.500. The molecule has 2 aromatic heterocycles. The highest BCUT2D eigenvalue weighted by molar-refractivity contribution is 7.15. The molecule has 0 saturated heterocycles. The lowest BCUT2D eigenvalue weighted by molar-refractivity contribution is -0.175. The third-order valence-corrected chi connectivity index (χ3v) is 9.08. The zero-order valence-corrected chi connectivity index (χ0v) is 19.4. The fourth-order valence-corrected chi connectivity index (χ4v) is 7.90. The minimum atomic E-state index is -0.398. The van der Waals surface area contributed by atoms with E-state index in [2.05, 4.69) is 37.0 Å². The summed E-state index contributed by atoms with van der Waals surface area (Å²) in [5.74, 6) is 1.10. The highest BCUT2D eigenvalue weighted by Crippen LogP contribution is 2.66. The predicted octanol–water partition coefficient (Wildman–Crippen LogP) is 4.95.